The highest BCUT2D eigenvalue weighted by Crippen LogP contribution is 2.46. The lowest BCUT2D eigenvalue weighted by molar-refractivity contribution is -0.124. The highest BCUT2D eigenvalue weighted by molar-refractivity contribution is 6.23. The molecule has 0 N–H and O–H groups in total. The molecule has 5 heteroatoms. The number of hydrogen-bond donors (Lipinski definition) is 0. The molecule has 2 bridgehead atoms. The van der Waals surface area contributed by atoms with Gasteiger partial charge in [0.05, 0.1) is 29.7 Å². The summed E-state index contributed by atoms with van der Waals surface area (Å²) < 4.78 is 5.59. The summed E-state index contributed by atoms with van der Waals surface area (Å²) in [4.78, 5) is 37.8. The first-order chi connectivity index (χ1) is 10.1. The number of rotatable bonds is 2. The molecule has 2 saturated heterocycles. The maximum Gasteiger partial charge on any atom is 0.240 e. The van der Waals surface area contributed by atoms with Gasteiger partial charge in [0, 0.05) is 5.56 Å². The van der Waals surface area contributed by atoms with E-state index in [2.05, 4.69) is 0 Å². The molecule has 0 unspecified atom stereocenters. The largest absolute Gasteiger partial charge is 0.365 e. The van der Waals surface area contributed by atoms with E-state index < -0.39 is 11.8 Å². The third kappa shape index (κ3) is 1.58. The molecule has 5 nitrogen and oxygen atoms in total. The highest BCUT2D eigenvalue weighted by Gasteiger charge is 2.60. The van der Waals surface area contributed by atoms with Gasteiger partial charge in [0.1, 0.15) is 0 Å². The van der Waals surface area contributed by atoms with Crippen molar-refractivity contribution in [1.82, 2.24) is 0 Å². The van der Waals surface area contributed by atoms with Gasteiger partial charge in [-0.1, -0.05) is 24.3 Å². The summed E-state index contributed by atoms with van der Waals surface area (Å²) in [6.45, 7) is 1.46. The zero-order valence-electron chi connectivity index (χ0n) is 11.4. The van der Waals surface area contributed by atoms with Crippen molar-refractivity contribution in [2.75, 3.05) is 4.90 Å². The molecule has 3 aliphatic heterocycles. The van der Waals surface area contributed by atoms with Crippen molar-refractivity contribution in [3.05, 3.63) is 42.0 Å². The van der Waals surface area contributed by atoms with Crippen molar-refractivity contribution in [2.45, 2.75) is 19.1 Å². The average molecular weight is 283 g/mol. The van der Waals surface area contributed by atoms with E-state index in [1.165, 1.54) is 11.8 Å². The first kappa shape index (κ1) is 12.5. The number of anilines is 1. The van der Waals surface area contributed by atoms with Gasteiger partial charge < -0.3 is 4.74 Å². The topological polar surface area (TPSA) is 63.7 Å². The second kappa shape index (κ2) is 4.11. The molecular weight excluding hydrogens is 270 g/mol. The van der Waals surface area contributed by atoms with Crippen molar-refractivity contribution in [3.63, 3.8) is 0 Å². The number of ether oxygens (including phenoxy) is 1. The summed E-state index contributed by atoms with van der Waals surface area (Å²) in [7, 11) is 0. The molecule has 4 atom stereocenters. The first-order valence-electron chi connectivity index (χ1n) is 6.90. The van der Waals surface area contributed by atoms with Crippen LogP contribution in [-0.2, 0) is 14.3 Å². The summed E-state index contributed by atoms with van der Waals surface area (Å²) in [5.41, 5.74) is 0.953. The van der Waals surface area contributed by atoms with E-state index in [-0.39, 0.29) is 29.8 Å². The van der Waals surface area contributed by atoms with E-state index in [1.807, 2.05) is 12.2 Å². The summed E-state index contributed by atoms with van der Waals surface area (Å²) in [5, 5.41) is 0. The van der Waals surface area contributed by atoms with Gasteiger partial charge in [0.15, 0.2) is 5.78 Å². The van der Waals surface area contributed by atoms with Crippen molar-refractivity contribution in [3.8, 4) is 0 Å². The fourth-order valence-corrected chi connectivity index (χ4v) is 3.42. The smallest absolute Gasteiger partial charge is 0.240 e. The molecular formula is C16H13NO4. The van der Waals surface area contributed by atoms with Crippen molar-refractivity contribution < 1.29 is 19.1 Å². The Hall–Kier alpha value is -2.27. The molecule has 0 aliphatic carbocycles. The van der Waals surface area contributed by atoms with E-state index >= 15 is 0 Å². The second-order valence-electron chi connectivity index (χ2n) is 5.62. The van der Waals surface area contributed by atoms with Crippen LogP contribution in [0.4, 0.5) is 5.69 Å². The van der Waals surface area contributed by atoms with Crippen LogP contribution in [0.15, 0.2) is 36.4 Å². The van der Waals surface area contributed by atoms with Gasteiger partial charge >= 0.3 is 0 Å². The van der Waals surface area contributed by atoms with Crippen LogP contribution in [-0.4, -0.2) is 29.8 Å². The predicted molar refractivity (Wildman–Crippen MR) is 73.7 cm³/mol. The molecule has 106 valence electrons. The maximum absolute atomic E-state index is 12.6. The van der Waals surface area contributed by atoms with Crippen LogP contribution in [0.5, 0.6) is 0 Å². The Morgan fingerprint density at radius 2 is 1.71 bits per heavy atom. The van der Waals surface area contributed by atoms with Crippen molar-refractivity contribution in [1.29, 1.82) is 0 Å². The van der Waals surface area contributed by atoms with Gasteiger partial charge in [0.25, 0.3) is 0 Å². The Morgan fingerprint density at radius 3 is 2.29 bits per heavy atom. The van der Waals surface area contributed by atoms with Crippen molar-refractivity contribution in [2.24, 2.45) is 11.8 Å². The third-order valence-corrected chi connectivity index (χ3v) is 4.42. The Morgan fingerprint density at radius 1 is 1.10 bits per heavy atom. The minimum absolute atomic E-state index is 0.0961. The molecule has 0 spiro atoms. The Labute approximate surface area is 121 Å². The molecule has 4 rings (SSSR count). The van der Waals surface area contributed by atoms with Crippen LogP contribution in [0, 0.1) is 11.8 Å². The van der Waals surface area contributed by atoms with E-state index in [9.17, 15) is 14.4 Å². The normalized spacial score (nSPS) is 32.9. The van der Waals surface area contributed by atoms with Gasteiger partial charge in [-0.15, -0.1) is 0 Å². The molecule has 2 fully saturated rings. The molecule has 0 radical (unpaired) electrons. The summed E-state index contributed by atoms with van der Waals surface area (Å²) in [5.74, 6) is -1.41. The molecule has 1 aromatic carbocycles. The molecule has 21 heavy (non-hydrogen) atoms. The number of amides is 2. The molecule has 3 heterocycles. The third-order valence-electron chi connectivity index (χ3n) is 4.42. The minimum atomic E-state index is -0.423. The number of carbonyl (C=O) groups excluding carboxylic acids is 3. The number of benzene rings is 1. The van der Waals surface area contributed by atoms with Gasteiger partial charge in [-0.05, 0) is 19.1 Å². The number of fused-ring (bicyclic) bond motifs is 5. The number of ketones is 1. The van der Waals surface area contributed by atoms with Crippen LogP contribution in [0.25, 0.3) is 0 Å². The molecule has 1 aromatic rings. The monoisotopic (exact) mass is 283 g/mol. The lowest BCUT2D eigenvalue weighted by Crippen LogP contribution is -2.34. The van der Waals surface area contributed by atoms with Crippen LogP contribution in [0.1, 0.15) is 17.3 Å². The fourth-order valence-electron chi connectivity index (χ4n) is 3.42. The van der Waals surface area contributed by atoms with Gasteiger partial charge in [-0.3, -0.25) is 14.4 Å². The van der Waals surface area contributed by atoms with Gasteiger partial charge in [0.2, 0.25) is 11.8 Å². The maximum atomic E-state index is 12.6. The minimum Gasteiger partial charge on any atom is -0.365 e. The Kier molecular flexibility index (Phi) is 2.44. The second-order valence-corrected chi connectivity index (χ2v) is 5.62. The van der Waals surface area contributed by atoms with E-state index in [1.54, 1.807) is 24.3 Å². The summed E-state index contributed by atoms with van der Waals surface area (Å²) in [6, 6.07) is 6.63. The highest BCUT2D eigenvalue weighted by atomic mass is 16.5. The number of hydrogen-bond acceptors (Lipinski definition) is 4. The zero-order chi connectivity index (χ0) is 14.7. The van der Waals surface area contributed by atoms with E-state index in [0.29, 0.717) is 11.3 Å². The lowest BCUT2D eigenvalue weighted by Gasteiger charge is -2.18. The Bertz CT molecular complexity index is 678. The quantitative estimate of drug-likeness (QED) is 0.466. The standard InChI is InChI=1S/C16H13NO4/c1-8(18)9-3-2-4-10(7-9)17-15(19)13-11-5-6-12(21-11)14(13)16(17)20/h2-7,11-14H,1H3/t11-,12+,13-,14-/m0/s1. The van der Waals surface area contributed by atoms with Crippen LogP contribution < -0.4 is 4.90 Å². The van der Waals surface area contributed by atoms with E-state index in [0.717, 1.165) is 0 Å². The van der Waals surface area contributed by atoms with Crippen LogP contribution in [0.3, 0.4) is 0 Å². The summed E-state index contributed by atoms with van der Waals surface area (Å²) in [6.07, 6.45) is 3.12. The lowest BCUT2D eigenvalue weighted by atomic mass is 9.85. The zero-order valence-corrected chi connectivity index (χ0v) is 11.4. The summed E-state index contributed by atoms with van der Waals surface area (Å²) >= 11 is 0. The molecule has 0 aromatic heterocycles. The SMILES string of the molecule is CC(=O)c1cccc(N2C(=O)[C@@H]3[C@@H](C2=O)[C@H]2C=C[C@@H]3O2)c1. The first-order valence-corrected chi connectivity index (χ1v) is 6.90. The predicted octanol–water partition coefficient (Wildman–Crippen LogP) is 1.33. The number of Topliss-reactive ketones (excluding diaryl/α,β-unsaturated/α-hetero) is 1. The van der Waals surface area contributed by atoms with Crippen LogP contribution >= 0.6 is 0 Å². The number of nitrogens with zero attached hydrogens (tertiary/aromatic N) is 1. The van der Waals surface area contributed by atoms with Gasteiger partial charge in [-0.25, -0.2) is 4.90 Å². The van der Waals surface area contributed by atoms with Gasteiger partial charge in [-0.2, -0.15) is 0 Å². The fraction of sp³-hybridized carbons (Fsp3) is 0.312. The molecule has 3 aliphatic rings. The van der Waals surface area contributed by atoms with E-state index in [4.69, 9.17) is 4.74 Å². The average Bonchev–Trinajstić information content (AvgIpc) is 3.13. The van der Waals surface area contributed by atoms with Crippen molar-refractivity contribution >= 4 is 23.3 Å². The number of imide groups is 1. The molecule has 2 amide bonds. The Balaban J connectivity index is 1.74. The number of carbonyl (C=O) groups is 3. The van der Waals surface area contributed by atoms with Crippen LogP contribution in [0.2, 0.25) is 0 Å². The molecule has 0 saturated carbocycles.